The molecule has 0 aliphatic carbocycles. The first kappa shape index (κ1) is 14.2. The van der Waals surface area contributed by atoms with Crippen LogP contribution >= 0.6 is 0 Å². The van der Waals surface area contributed by atoms with Crippen LogP contribution in [-0.2, 0) is 4.79 Å². The summed E-state index contributed by atoms with van der Waals surface area (Å²) < 4.78 is 5.59. The van der Waals surface area contributed by atoms with Gasteiger partial charge in [-0.05, 0) is 25.5 Å². The van der Waals surface area contributed by atoms with Crippen molar-refractivity contribution in [3.8, 4) is 5.75 Å². The summed E-state index contributed by atoms with van der Waals surface area (Å²) in [7, 11) is 0. The molecule has 20 heavy (non-hydrogen) atoms. The van der Waals surface area contributed by atoms with Crippen LogP contribution < -0.4 is 9.64 Å². The number of amides is 2. The Morgan fingerprint density at radius 3 is 2.85 bits per heavy atom. The molecule has 0 atom stereocenters. The van der Waals surface area contributed by atoms with Crippen LogP contribution in [0.4, 0.5) is 10.5 Å². The van der Waals surface area contributed by atoms with Crippen molar-refractivity contribution < 1.29 is 19.4 Å². The lowest BCUT2D eigenvalue weighted by molar-refractivity contribution is -0.137. The van der Waals surface area contributed by atoms with E-state index in [0.717, 1.165) is 0 Å². The molecule has 1 aliphatic heterocycles. The molecule has 6 nitrogen and oxygen atoms in total. The van der Waals surface area contributed by atoms with Crippen molar-refractivity contribution in [3.63, 3.8) is 0 Å². The lowest BCUT2D eigenvalue weighted by Crippen LogP contribution is -2.45. The number of hydrogen-bond donors (Lipinski definition) is 1. The molecule has 0 bridgehead atoms. The van der Waals surface area contributed by atoms with Crippen LogP contribution in [0.3, 0.4) is 0 Å². The van der Waals surface area contributed by atoms with E-state index >= 15 is 0 Å². The SMILES string of the molecule is CCN(CC(=O)O)C(=O)N1CCCOc2ccccc21. The highest BCUT2D eigenvalue weighted by atomic mass is 16.5. The van der Waals surface area contributed by atoms with E-state index in [1.165, 1.54) is 4.90 Å². The predicted octanol–water partition coefficient (Wildman–Crippen LogP) is 1.80. The fourth-order valence-electron chi connectivity index (χ4n) is 2.17. The Morgan fingerprint density at radius 1 is 1.40 bits per heavy atom. The number of benzene rings is 1. The van der Waals surface area contributed by atoms with Crippen molar-refractivity contribution in [2.45, 2.75) is 13.3 Å². The van der Waals surface area contributed by atoms with Gasteiger partial charge in [0.05, 0.1) is 12.3 Å². The number of rotatable bonds is 3. The fourth-order valence-corrected chi connectivity index (χ4v) is 2.17. The van der Waals surface area contributed by atoms with E-state index in [9.17, 15) is 9.59 Å². The van der Waals surface area contributed by atoms with E-state index in [2.05, 4.69) is 0 Å². The monoisotopic (exact) mass is 278 g/mol. The summed E-state index contributed by atoms with van der Waals surface area (Å²) in [4.78, 5) is 26.2. The van der Waals surface area contributed by atoms with Gasteiger partial charge in [-0.25, -0.2) is 4.79 Å². The van der Waals surface area contributed by atoms with Crippen molar-refractivity contribution in [1.29, 1.82) is 0 Å². The Kier molecular flexibility index (Phi) is 4.45. The number of carboxylic acids is 1. The number of urea groups is 1. The number of carboxylic acid groups (broad SMARTS) is 1. The molecule has 0 saturated heterocycles. The maximum atomic E-state index is 12.5. The third-order valence-corrected chi connectivity index (χ3v) is 3.15. The highest BCUT2D eigenvalue weighted by molar-refractivity contribution is 5.95. The van der Waals surface area contributed by atoms with Gasteiger partial charge in [0.2, 0.25) is 0 Å². The molecule has 2 amide bonds. The maximum Gasteiger partial charge on any atom is 0.325 e. The van der Waals surface area contributed by atoms with Crippen molar-refractivity contribution >= 4 is 17.7 Å². The molecule has 1 heterocycles. The molecule has 0 fully saturated rings. The average Bonchev–Trinajstić information content (AvgIpc) is 2.66. The van der Waals surface area contributed by atoms with Crippen LogP contribution in [0.25, 0.3) is 0 Å². The second kappa shape index (κ2) is 6.27. The second-order valence-electron chi connectivity index (χ2n) is 4.51. The molecule has 0 unspecified atom stereocenters. The molecular formula is C14H18N2O4. The molecule has 0 spiro atoms. The molecule has 1 aromatic carbocycles. The summed E-state index contributed by atoms with van der Waals surface area (Å²) in [6.07, 6.45) is 0.713. The van der Waals surface area contributed by atoms with Gasteiger partial charge < -0.3 is 14.7 Å². The summed E-state index contributed by atoms with van der Waals surface area (Å²) >= 11 is 0. The number of carbonyl (C=O) groups excluding carboxylic acids is 1. The number of anilines is 1. The van der Waals surface area contributed by atoms with Crippen molar-refractivity contribution in [2.24, 2.45) is 0 Å². The number of carbonyl (C=O) groups is 2. The predicted molar refractivity (Wildman–Crippen MR) is 74.2 cm³/mol. The number of fused-ring (bicyclic) bond motifs is 1. The zero-order chi connectivity index (χ0) is 14.5. The van der Waals surface area contributed by atoms with Crippen molar-refractivity contribution in [1.82, 2.24) is 4.90 Å². The number of aliphatic carboxylic acids is 1. The van der Waals surface area contributed by atoms with Gasteiger partial charge in [-0.15, -0.1) is 0 Å². The Labute approximate surface area is 117 Å². The third kappa shape index (κ3) is 3.01. The van der Waals surface area contributed by atoms with Crippen LogP contribution in [0, 0.1) is 0 Å². The zero-order valence-electron chi connectivity index (χ0n) is 11.4. The molecule has 1 N–H and O–H groups in total. The first-order chi connectivity index (χ1) is 9.63. The normalized spacial score (nSPS) is 13.9. The molecule has 0 radical (unpaired) electrons. The van der Waals surface area contributed by atoms with Crippen LogP contribution in [0.1, 0.15) is 13.3 Å². The summed E-state index contributed by atoms with van der Waals surface area (Å²) in [5, 5.41) is 8.88. The minimum absolute atomic E-state index is 0.297. The van der Waals surface area contributed by atoms with Crippen LogP contribution in [-0.4, -0.2) is 48.2 Å². The summed E-state index contributed by atoms with van der Waals surface area (Å²) in [6.45, 7) is 2.89. The summed E-state index contributed by atoms with van der Waals surface area (Å²) in [5.74, 6) is -0.357. The van der Waals surface area contributed by atoms with E-state index < -0.39 is 5.97 Å². The number of hydrogen-bond acceptors (Lipinski definition) is 3. The Morgan fingerprint density at radius 2 is 2.15 bits per heavy atom. The van der Waals surface area contributed by atoms with E-state index in [4.69, 9.17) is 9.84 Å². The van der Waals surface area contributed by atoms with E-state index in [0.29, 0.717) is 37.6 Å². The summed E-state index contributed by atoms with van der Waals surface area (Å²) in [6, 6.07) is 7.01. The maximum absolute atomic E-state index is 12.5. The zero-order valence-corrected chi connectivity index (χ0v) is 11.4. The first-order valence-electron chi connectivity index (χ1n) is 6.63. The molecule has 1 aliphatic rings. The number of nitrogens with zero attached hydrogens (tertiary/aromatic N) is 2. The van der Waals surface area contributed by atoms with Crippen LogP contribution in [0.2, 0.25) is 0 Å². The second-order valence-corrected chi connectivity index (χ2v) is 4.51. The highest BCUT2D eigenvalue weighted by Gasteiger charge is 2.26. The molecule has 108 valence electrons. The average molecular weight is 278 g/mol. The van der Waals surface area contributed by atoms with E-state index in [1.54, 1.807) is 11.8 Å². The smallest absolute Gasteiger partial charge is 0.325 e. The minimum Gasteiger partial charge on any atom is -0.491 e. The van der Waals surface area contributed by atoms with Gasteiger partial charge in [0.25, 0.3) is 0 Å². The van der Waals surface area contributed by atoms with Crippen molar-refractivity contribution in [3.05, 3.63) is 24.3 Å². The largest absolute Gasteiger partial charge is 0.491 e. The molecule has 0 aromatic heterocycles. The Hall–Kier alpha value is -2.24. The Balaban J connectivity index is 2.26. The molecular weight excluding hydrogens is 260 g/mol. The molecule has 2 rings (SSSR count). The Bertz CT molecular complexity index is 504. The topological polar surface area (TPSA) is 70.1 Å². The van der Waals surface area contributed by atoms with Crippen molar-refractivity contribution in [2.75, 3.05) is 31.1 Å². The van der Waals surface area contributed by atoms with Gasteiger partial charge in [0, 0.05) is 13.1 Å². The number of ether oxygens (including phenoxy) is 1. The number of likely N-dealkylation sites (N-methyl/N-ethyl adjacent to an activating group) is 1. The lowest BCUT2D eigenvalue weighted by Gasteiger charge is -2.28. The third-order valence-electron chi connectivity index (χ3n) is 3.15. The number of para-hydroxylation sites is 2. The van der Waals surface area contributed by atoms with Crippen LogP contribution in [0.5, 0.6) is 5.75 Å². The van der Waals surface area contributed by atoms with E-state index in [1.807, 2.05) is 24.3 Å². The summed E-state index contributed by atoms with van der Waals surface area (Å²) in [5.41, 5.74) is 0.693. The van der Waals surface area contributed by atoms with Gasteiger partial charge in [0.15, 0.2) is 0 Å². The highest BCUT2D eigenvalue weighted by Crippen LogP contribution is 2.31. The van der Waals surface area contributed by atoms with E-state index in [-0.39, 0.29) is 12.6 Å². The van der Waals surface area contributed by atoms with Gasteiger partial charge in [-0.2, -0.15) is 0 Å². The minimum atomic E-state index is -1.01. The van der Waals surface area contributed by atoms with Gasteiger partial charge in [-0.1, -0.05) is 12.1 Å². The molecule has 6 heteroatoms. The van der Waals surface area contributed by atoms with Gasteiger partial charge in [-0.3, -0.25) is 9.69 Å². The standard InChI is InChI=1S/C14H18N2O4/c1-2-15(10-13(17)18)14(19)16-8-5-9-20-12-7-4-3-6-11(12)16/h3-4,6-7H,2,5,8-10H2,1H3,(H,17,18). The fraction of sp³-hybridized carbons (Fsp3) is 0.429. The quantitative estimate of drug-likeness (QED) is 0.915. The van der Waals surface area contributed by atoms with Gasteiger partial charge >= 0.3 is 12.0 Å². The van der Waals surface area contributed by atoms with Crippen LogP contribution in [0.15, 0.2) is 24.3 Å². The van der Waals surface area contributed by atoms with Gasteiger partial charge in [0.1, 0.15) is 12.3 Å². The molecule has 1 aromatic rings. The molecule has 0 saturated carbocycles. The lowest BCUT2D eigenvalue weighted by atomic mass is 10.2. The first-order valence-corrected chi connectivity index (χ1v) is 6.63.